The van der Waals surface area contributed by atoms with Crippen molar-refractivity contribution in [2.75, 3.05) is 18.0 Å². The minimum absolute atomic E-state index is 0.0960. The molecule has 4 rings (SSSR count). The summed E-state index contributed by atoms with van der Waals surface area (Å²) in [5, 5.41) is 12.6. The average Bonchev–Trinajstić information content (AvgIpc) is 2.80. The van der Waals surface area contributed by atoms with Crippen molar-refractivity contribution < 1.29 is 14.3 Å². The third-order valence-corrected chi connectivity index (χ3v) is 3.94. The van der Waals surface area contributed by atoms with Gasteiger partial charge in [-0.05, 0) is 18.2 Å². The third-order valence-electron chi connectivity index (χ3n) is 3.70. The van der Waals surface area contributed by atoms with E-state index in [-0.39, 0.29) is 6.04 Å². The molecule has 3 heterocycles. The number of nitrogens with one attached hydrogen (secondary N) is 1. The van der Waals surface area contributed by atoms with Crippen LogP contribution in [0.25, 0.3) is 22.1 Å². The van der Waals surface area contributed by atoms with E-state index in [9.17, 15) is 4.79 Å². The van der Waals surface area contributed by atoms with Crippen molar-refractivity contribution in [1.82, 2.24) is 15.3 Å². The predicted octanol–water partition coefficient (Wildman–Crippen LogP) is 2.49. The first-order chi connectivity index (χ1) is 10.6. The number of furan rings is 1. The van der Waals surface area contributed by atoms with E-state index >= 15 is 0 Å². The molecule has 0 saturated carbocycles. The Morgan fingerprint density at radius 1 is 1.41 bits per heavy atom. The second-order valence-electron chi connectivity index (χ2n) is 5.17. The second kappa shape index (κ2) is 4.74. The van der Waals surface area contributed by atoms with Gasteiger partial charge in [0.1, 0.15) is 17.4 Å². The molecule has 1 aromatic carbocycles. The first kappa shape index (κ1) is 13.1. The van der Waals surface area contributed by atoms with Crippen molar-refractivity contribution in [3.63, 3.8) is 0 Å². The molecular weight excluding hydrogens is 308 g/mol. The number of carbonyl (C=O) groups is 1. The molecule has 2 aromatic heterocycles. The van der Waals surface area contributed by atoms with Crippen LogP contribution in [0.3, 0.4) is 0 Å². The topological polar surface area (TPSA) is 91.5 Å². The van der Waals surface area contributed by atoms with Crippen LogP contribution in [-0.4, -0.2) is 40.3 Å². The van der Waals surface area contributed by atoms with Gasteiger partial charge in [0.15, 0.2) is 11.4 Å². The van der Waals surface area contributed by atoms with E-state index in [0.29, 0.717) is 40.6 Å². The normalized spacial score (nSPS) is 15.2. The molecule has 7 nitrogen and oxygen atoms in total. The average molecular weight is 319 g/mol. The van der Waals surface area contributed by atoms with Crippen LogP contribution < -0.4 is 10.2 Å². The molecule has 8 heteroatoms. The molecule has 0 spiro atoms. The van der Waals surface area contributed by atoms with Gasteiger partial charge in [-0.2, -0.15) is 0 Å². The number of carboxylic acid groups (broad SMARTS) is 1. The smallest absolute Gasteiger partial charge is 0.405 e. The Hall–Kier alpha value is -2.54. The lowest BCUT2D eigenvalue weighted by Crippen LogP contribution is -2.59. The molecule has 0 atom stereocenters. The van der Waals surface area contributed by atoms with Crippen LogP contribution in [0.2, 0.25) is 5.02 Å². The van der Waals surface area contributed by atoms with Crippen LogP contribution in [0.5, 0.6) is 0 Å². The highest BCUT2D eigenvalue weighted by Crippen LogP contribution is 2.34. The molecule has 0 aliphatic carbocycles. The zero-order valence-corrected chi connectivity index (χ0v) is 12.0. The SMILES string of the molecule is O=C(O)NC1CN(c2ncnc3c2oc2ccc(Cl)cc23)C1. The van der Waals surface area contributed by atoms with Crippen LogP contribution >= 0.6 is 11.6 Å². The highest BCUT2D eigenvalue weighted by Gasteiger charge is 2.31. The van der Waals surface area contributed by atoms with E-state index in [1.165, 1.54) is 6.33 Å². The Kier molecular flexibility index (Phi) is 2.83. The Balaban J connectivity index is 1.73. The summed E-state index contributed by atoms with van der Waals surface area (Å²) in [5.74, 6) is 0.667. The molecule has 0 radical (unpaired) electrons. The molecule has 0 bridgehead atoms. The van der Waals surface area contributed by atoms with Gasteiger partial charge < -0.3 is 19.7 Å². The van der Waals surface area contributed by atoms with Crippen molar-refractivity contribution in [3.05, 3.63) is 29.5 Å². The van der Waals surface area contributed by atoms with Gasteiger partial charge in [-0.1, -0.05) is 11.6 Å². The summed E-state index contributed by atoms with van der Waals surface area (Å²) in [6, 6.07) is 5.27. The van der Waals surface area contributed by atoms with Crippen LogP contribution in [0.4, 0.5) is 10.6 Å². The van der Waals surface area contributed by atoms with E-state index in [1.807, 2.05) is 11.0 Å². The first-order valence-corrected chi connectivity index (χ1v) is 7.07. The van der Waals surface area contributed by atoms with Gasteiger partial charge in [0.25, 0.3) is 0 Å². The first-order valence-electron chi connectivity index (χ1n) is 6.69. The number of rotatable bonds is 2. The lowest BCUT2D eigenvalue weighted by molar-refractivity contribution is 0.187. The number of halogens is 1. The Labute approximate surface area is 129 Å². The maximum atomic E-state index is 10.6. The van der Waals surface area contributed by atoms with E-state index < -0.39 is 6.09 Å². The maximum Gasteiger partial charge on any atom is 0.405 e. The lowest BCUT2D eigenvalue weighted by Gasteiger charge is -2.39. The summed E-state index contributed by atoms with van der Waals surface area (Å²) < 4.78 is 5.85. The van der Waals surface area contributed by atoms with Gasteiger partial charge in [0.05, 0.1) is 6.04 Å². The van der Waals surface area contributed by atoms with Crippen LogP contribution in [0.15, 0.2) is 28.9 Å². The van der Waals surface area contributed by atoms with Gasteiger partial charge in [-0.25, -0.2) is 14.8 Å². The second-order valence-corrected chi connectivity index (χ2v) is 5.61. The molecular formula is C14H11ClN4O3. The van der Waals surface area contributed by atoms with Crippen molar-refractivity contribution in [1.29, 1.82) is 0 Å². The van der Waals surface area contributed by atoms with Gasteiger partial charge >= 0.3 is 6.09 Å². The molecule has 112 valence electrons. The molecule has 3 aromatic rings. The van der Waals surface area contributed by atoms with Gasteiger partial charge in [-0.3, -0.25) is 0 Å². The fourth-order valence-electron chi connectivity index (χ4n) is 2.68. The fourth-order valence-corrected chi connectivity index (χ4v) is 2.85. The molecule has 1 aliphatic heterocycles. The number of benzene rings is 1. The summed E-state index contributed by atoms with van der Waals surface area (Å²) in [5.41, 5.74) is 1.99. The van der Waals surface area contributed by atoms with Crippen LogP contribution in [0, 0.1) is 0 Å². The standard InChI is InChI=1S/C14H11ClN4O3/c15-7-1-2-10-9(3-7)11-12(22-10)13(17-6-16-11)19-4-8(5-19)18-14(20)21/h1-3,6,8,18H,4-5H2,(H,20,21). The zero-order valence-electron chi connectivity index (χ0n) is 11.3. The van der Waals surface area contributed by atoms with Crippen LogP contribution in [0.1, 0.15) is 0 Å². The Morgan fingerprint density at radius 3 is 3.00 bits per heavy atom. The highest BCUT2D eigenvalue weighted by atomic mass is 35.5. The summed E-state index contributed by atoms with van der Waals surface area (Å²) in [4.78, 5) is 21.1. The van der Waals surface area contributed by atoms with E-state index in [4.69, 9.17) is 21.1 Å². The van der Waals surface area contributed by atoms with Gasteiger partial charge in [0, 0.05) is 23.5 Å². The number of fused-ring (bicyclic) bond motifs is 3. The molecule has 2 N–H and O–H groups in total. The monoisotopic (exact) mass is 318 g/mol. The molecule has 1 fully saturated rings. The highest BCUT2D eigenvalue weighted by molar-refractivity contribution is 6.31. The van der Waals surface area contributed by atoms with Crippen molar-refractivity contribution in [2.45, 2.75) is 6.04 Å². The molecule has 1 saturated heterocycles. The van der Waals surface area contributed by atoms with E-state index in [0.717, 1.165) is 5.39 Å². The number of hydrogen-bond acceptors (Lipinski definition) is 5. The third kappa shape index (κ3) is 2.01. The summed E-state index contributed by atoms with van der Waals surface area (Å²) >= 11 is 6.02. The summed E-state index contributed by atoms with van der Waals surface area (Å²) in [6.07, 6.45) is 0.460. The zero-order chi connectivity index (χ0) is 15.3. The summed E-state index contributed by atoms with van der Waals surface area (Å²) in [6.45, 7) is 1.10. The predicted molar refractivity (Wildman–Crippen MR) is 81.5 cm³/mol. The van der Waals surface area contributed by atoms with Gasteiger partial charge in [0.2, 0.25) is 0 Å². The largest absolute Gasteiger partial charge is 0.465 e. The number of aromatic nitrogens is 2. The number of amides is 1. The minimum Gasteiger partial charge on any atom is -0.465 e. The van der Waals surface area contributed by atoms with Crippen LogP contribution in [-0.2, 0) is 0 Å². The van der Waals surface area contributed by atoms with Crippen molar-refractivity contribution in [2.24, 2.45) is 0 Å². The number of nitrogens with zero attached hydrogens (tertiary/aromatic N) is 3. The lowest BCUT2D eigenvalue weighted by atomic mass is 10.1. The van der Waals surface area contributed by atoms with E-state index in [2.05, 4.69) is 15.3 Å². The van der Waals surface area contributed by atoms with E-state index in [1.54, 1.807) is 12.1 Å². The quantitative estimate of drug-likeness (QED) is 0.754. The van der Waals surface area contributed by atoms with Gasteiger partial charge in [-0.15, -0.1) is 0 Å². The molecule has 22 heavy (non-hydrogen) atoms. The minimum atomic E-state index is -1.02. The maximum absolute atomic E-state index is 10.6. The number of anilines is 1. The summed E-state index contributed by atoms with van der Waals surface area (Å²) in [7, 11) is 0. The Bertz CT molecular complexity index is 888. The van der Waals surface area contributed by atoms with Crippen molar-refractivity contribution in [3.8, 4) is 0 Å². The molecule has 0 unspecified atom stereocenters. The van der Waals surface area contributed by atoms with Crippen molar-refractivity contribution >= 4 is 45.6 Å². The Morgan fingerprint density at radius 2 is 2.23 bits per heavy atom. The molecule has 1 aliphatic rings. The fraction of sp³-hybridized carbons (Fsp3) is 0.214. The number of hydrogen-bond donors (Lipinski definition) is 2. The molecule has 1 amide bonds.